The van der Waals surface area contributed by atoms with Crippen molar-refractivity contribution in [2.24, 2.45) is 0 Å². The monoisotopic (exact) mass is 461 g/mol. The van der Waals surface area contributed by atoms with Crippen LogP contribution in [0.1, 0.15) is 15.9 Å². The summed E-state index contributed by atoms with van der Waals surface area (Å²) in [4.78, 5) is 25.8. The van der Waals surface area contributed by atoms with Crippen LogP contribution in [0.15, 0.2) is 83.9 Å². The fourth-order valence-electron chi connectivity index (χ4n) is 3.62. The fraction of sp³-hybridized carbons (Fsp3) is 0.154. The Balaban J connectivity index is 1.40. The standard InChI is InChI=1S/C26H24FN3O2S/c1-18-8-2-3-9-19(18)26(32)28-14-15-30-16-24(20-10-4-7-13-23(20)30)33-17-25(31)29-22-12-6-5-11-21(22)27/h2-13,16H,14-15,17H2,1H3,(H,28,32)(H,29,31). The van der Waals surface area contributed by atoms with E-state index in [0.29, 0.717) is 18.7 Å². The minimum atomic E-state index is -0.458. The molecular weight excluding hydrogens is 437 g/mol. The lowest BCUT2D eigenvalue weighted by Gasteiger charge is -2.09. The highest BCUT2D eigenvalue weighted by atomic mass is 32.2. The predicted molar refractivity (Wildman–Crippen MR) is 131 cm³/mol. The minimum absolute atomic E-state index is 0.0935. The molecule has 0 saturated carbocycles. The molecule has 4 aromatic rings. The Morgan fingerprint density at radius 3 is 2.52 bits per heavy atom. The molecule has 0 spiro atoms. The van der Waals surface area contributed by atoms with Gasteiger partial charge in [0.1, 0.15) is 5.82 Å². The minimum Gasteiger partial charge on any atom is -0.350 e. The second-order valence-corrected chi connectivity index (χ2v) is 8.61. The highest BCUT2D eigenvalue weighted by molar-refractivity contribution is 8.00. The summed E-state index contributed by atoms with van der Waals surface area (Å²) in [5.74, 6) is -0.664. The van der Waals surface area contributed by atoms with Gasteiger partial charge in [0.05, 0.1) is 11.4 Å². The van der Waals surface area contributed by atoms with Crippen molar-refractivity contribution < 1.29 is 14.0 Å². The lowest BCUT2D eigenvalue weighted by molar-refractivity contribution is -0.113. The first kappa shape index (κ1) is 22.6. The normalized spacial score (nSPS) is 10.8. The van der Waals surface area contributed by atoms with Crippen molar-refractivity contribution in [3.05, 3.63) is 95.9 Å². The topological polar surface area (TPSA) is 63.1 Å². The second kappa shape index (κ2) is 10.4. The summed E-state index contributed by atoms with van der Waals surface area (Å²) < 4.78 is 15.8. The smallest absolute Gasteiger partial charge is 0.251 e. The van der Waals surface area contributed by atoms with Gasteiger partial charge in [-0.1, -0.05) is 48.5 Å². The molecule has 1 heterocycles. The van der Waals surface area contributed by atoms with Gasteiger partial charge in [-0.3, -0.25) is 9.59 Å². The molecule has 7 heteroatoms. The van der Waals surface area contributed by atoms with Crippen LogP contribution in [0.4, 0.5) is 10.1 Å². The van der Waals surface area contributed by atoms with Crippen LogP contribution in [0.2, 0.25) is 0 Å². The van der Waals surface area contributed by atoms with E-state index in [0.717, 1.165) is 21.4 Å². The Labute approximate surface area is 196 Å². The summed E-state index contributed by atoms with van der Waals surface area (Å²) in [6, 6.07) is 21.5. The lowest BCUT2D eigenvalue weighted by Crippen LogP contribution is -2.27. The average Bonchev–Trinajstić information content (AvgIpc) is 3.17. The van der Waals surface area contributed by atoms with E-state index in [-0.39, 0.29) is 23.3 Å². The molecule has 168 valence electrons. The number of amides is 2. The number of anilines is 1. The van der Waals surface area contributed by atoms with Gasteiger partial charge in [-0.05, 0) is 36.8 Å². The molecule has 0 aliphatic carbocycles. The summed E-state index contributed by atoms with van der Waals surface area (Å²) in [6.07, 6.45) is 1.99. The molecule has 0 radical (unpaired) electrons. The SMILES string of the molecule is Cc1ccccc1C(=O)NCCn1cc(SCC(=O)Nc2ccccc2F)c2ccccc21. The third-order valence-corrected chi connectivity index (χ3v) is 6.33. The van der Waals surface area contributed by atoms with E-state index < -0.39 is 5.82 Å². The number of halogens is 1. The molecule has 0 aliphatic rings. The van der Waals surface area contributed by atoms with Crippen LogP contribution in [-0.2, 0) is 11.3 Å². The maximum absolute atomic E-state index is 13.8. The van der Waals surface area contributed by atoms with Crippen molar-refractivity contribution >= 4 is 40.2 Å². The van der Waals surface area contributed by atoms with E-state index in [9.17, 15) is 14.0 Å². The average molecular weight is 462 g/mol. The van der Waals surface area contributed by atoms with E-state index in [1.807, 2.05) is 61.7 Å². The molecule has 1 aromatic heterocycles. The Morgan fingerprint density at radius 1 is 0.970 bits per heavy atom. The van der Waals surface area contributed by atoms with Crippen molar-refractivity contribution in [1.29, 1.82) is 0 Å². The number of hydrogen-bond acceptors (Lipinski definition) is 3. The maximum Gasteiger partial charge on any atom is 0.251 e. The molecule has 0 bridgehead atoms. The van der Waals surface area contributed by atoms with Gasteiger partial charge in [-0.2, -0.15) is 0 Å². The van der Waals surface area contributed by atoms with Gasteiger partial charge in [-0.15, -0.1) is 11.8 Å². The number of hydrogen-bond donors (Lipinski definition) is 2. The molecule has 3 aromatic carbocycles. The van der Waals surface area contributed by atoms with Gasteiger partial charge in [0.15, 0.2) is 0 Å². The second-order valence-electron chi connectivity index (χ2n) is 7.59. The fourth-order valence-corrected chi connectivity index (χ4v) is 4.51. The van der Waals surface area contributed by atoms with Gasteiger partial charge in [0, 0.05) is 40.6 Å². The zero-order valence-electron chi connectivity index (χ0n) is 18.2. The predicted octanol–water partition coefficient (Wildman–Crippen LogP) is 5.25. The van der Waals surface area contributed by atoms with Gasteiger partial charge in [0.2, 0.25) is 5.91 Å². The van der Waals surface area contributed by atoms with E-state index in [1.165, 1.54) is 23.9 Å². The molecule has 33 heavy (non-hydrogen) atoms. The summed E-state index contributed by atoms with van der Waals surface area (Å²) >= 11 is 1.40. The maximum atomic E-state index is 13.8. The molecule has 4 rings (SSSR count). The lowest BCUT2D eigenvalue weighted by atomic mass is 10.1. The van der Waals surface area contributed by atoms with Crippen LogP contribution < -0.4 is 10.6 Å². The number of nitrogens with zero attached hydrogens (tertiary/aromatic N) is 1. The van der Waals surface area contributed by atoms with Gasteiger partial charge in [-0.25, -0.2) is 4.39 Å². The zero-order chi connectivity index (χ0) is 23.2. The molecule has 0 fully saturated rings. The van der Waals surface area contributed by atoms with Gasteiger partial charge >= 0.3 is 0 Å². The van der Waals surface area contributed by atoms with E-state index in [2.05, 4.69) is 15.2 Å². The quantitative estimate of drug-likeness (QED) is 0.352. The van der Waals surface area contributed by atoms with Gasteiger partial charge in [0.25, 0.3) is 5.91 Å². The van der Waals surface area contributed by atoms with Crippen LogP contribution in [0.5, 0.6) is 0 Å². The van der Waals surface area contributed by atoms with Gasteiger partial charge < -0.3 is 15.2 Å². The molecule has 0 atom stereocenters. The Hall–Kier alpha value is -3.58. The van der Waals surface area contributed by atoms with E-state index >= 15 is 0 Å². The summed E-state index contributed by atoms with van der Waals surface area (Å²) in [6.45, 7) is 2.99. The number of aromatic nitrogens is 1. The molecule has 2 N–H and O–H groups in total. The number of carbonyl (C=O) groups is 2. The highest BCUT2D eigenvalue weighted by Gasteiger charge is 2.13. The van der Waals surface area contributed by atoms with Crippen molar-refractivity contribution in [3.8, 4) is 0 Å². The van der Waals surface area contributed by atoms with Crippen LogP contribution >= 0.6 is 11.8 Å². The van der Waals surface area contributed by atoms with Crippen LogP contribution in [-0.4, -0.2) is 28.7 Å². The van der Waals surface area contributed by atoms with Crippen molar-refractivity contribution in [1.82, 2.24) is 9.88 Å². The number of nitrogens with one attached hydrogen (secondary N) is 2. The zero-order valence-corrected chi connectivity index (χ0v) is 19.0. The number of fused-ring (bicyclic) bond motifs is 1. The van der Waals surface area contributed by atoms with Crippen molar-refractivity contribution in [2.75, 3.05) is 17.6 Å². The number of rotatable bonds is 8. The van der Waals surface area contributed by atoms with Crippen molar-refractivity contribution in [2.45, 2.75) is 18.4 Å². The molecule has 5 nitrogen and oxygen atoms in total. The molecule has 0 saturated heterocycles. The van der Waals surface area contributed by atoms with Crippen LogP contribution in [0.3, 0.4) is 0 Å². The summed E-state index contributed by atoms with van der Waals surface area (Å²) in [5.41, 5.74) is 2.82. The highest BCUT2D eigenvalue weighted by Crippen LogP contribution is 2.30. The van der Waals surface area contributed by atoms with Crippen LogP contribution in [0, 0.1) is 12.7 Å². The Bertz CT molecular complexity index is 1300. The summed E-state index contributed by atoms with van der Waals surface area (Å²) in [5, 5.41) is 6.63. The van der Waals surface area contributed by atoms with Crippen molar-refractivity contribution in [3.63, 3.8) is 0 Å². The molecule has 2 amide bonds. The number of thioether (sulfide) groups is 1. The third kappa shape index (κ3) is 5.43. The first-order chi connectivity index (χ1) is 16.0. The molecule has 0 aliphatic heterocycles. The molecule has 0 unspecified atom stereocenters. The summed E-state index contributed by atoms with van der Waals surface area (Å²) in [7, 11) is 0. The number of para-hydroxylation sites is 2. The third-order valence-electron chi connectivity index (χ3n) is 5.29. The first-order valence-electron chi connectivity index (χ1n) is 10.6. The number of carbonyl (C=O) groups excluding carboxylic acids is 2. The Morgan fingerprint density at radius 2 is 1.70 bits per heavy atom. The van der Waals surface area contributed by atoms with Crippen LogP contribution in [0.25, 0.3) is 10.9 Å². The first-order valence-corrected chi connectivity index (χ1v) is 11.6. The Kier molecular flexibility index (Phi) is 7.10. The number of benzene rings is 3. The van der Waals surface area contributed by atoms with E-state index in [4.69, 9.17) is 0 Å². The largest absolute Gasteiger partial charge is 0.350 e. The van der Waals surface area contributed by atoms with E-state index in [1.54, 1.807) is 12.1 Å². The number of aryl methyl sites for hydroxylation is 1. The molecular formula is C26H24FN3O2S.